The van der Waals surface area contributed by atoms with Crippen molar-refractivity contribution in [3.8, 4) is 6.07 Å². The Balaban J connectivity index is 1.17. The highest BCUT2D eigenvalue weighted by Gasteiger charge is 2.47. The Morgan fingerprint density at radius 1 is 1.19 bits per heavy atom. The molecule has 1 atom stereocenters. The lowest BCUT2D eigenvalue weighted by atomic mass is 9.57. The summed E-state index contributed by atoms with van der Waals surface area (Å²) in [5.41, 5.74) is 5.18. The molecule has 3 aromatic rings. The first-order chi connectivity index (χ1) is 20.2. The normalized spacial score (nSPS) is 27.0. The van der Waals surface area contributed by atoms with Crippen LogP contribution in [0.1, 0.15) is 83.6 Å². The molecule has 42 heavy (non-hydrogen) atoms. The number of hydrogen-bond donors (Lipinski definition) is 0. The number of benzene rings is 1. The average Bonchev–Trinajstić information content (AvgIpc) is 3.64. The molecular weight excluding hydrogens is 536 g/mol. The van der Waals surface area contributed by atoms with Gasteiger partial charge in [-0.1, -0.05) is 19.1 Å². The number of rotatable bonds is 7. The molecule has 1 saturated heterocycles. The van der Waals surface area contributed by atoms with Gasteiger partial charge in [-0.3, -0.25) is 14.7 Å². The number of nitriles is 1. The number of nitrogens with zero attached hydrogens (tertiary/aromatic N) is 7. The minimum atomic E-state index is -2.63. The van der Waals surface area contributed by atoms with Gasteiger partial charge in [0, 0.05) is 85.2 Å². The van der Waals surface area contributed by atoms with Crippen molar-refractivity contribution >= 4 is 11.6 Å². The zero-order valence-corrected chi connectivity index (χ0v) is 24.1. The molecule has 1 amide bonds. The quantitative estimate of drug-likeness (QED) is 0.390. The molecule has 1 unspecified atom stereocenters. The van der Waals surface area contributed by atoms with Crippen molar-refractivity contribution < 1.29 is 13.6 Å². The smallest absolute Gasteiger partial charge is 0.259 e. The summed E-state index contributed by atoms with van der Waals surface area (Å²) in [5.74, 6) is -2.15. The summed E-state index contributed by atoms with van der Waals surface area (Å²) in [5, 5.41) is 17.9. The fourth-order valence-electron chi connectivity index (χ4n) is 7.13. The Morgan fingerprint density at radius 3 is 2.69 bits per heavy atom. The van der Waals surface area contributed by atoms with Gasteiger partial charge in [-0.25, -0.2) is 8.78 Å². The molecule has 0 bridgehead atoms. The number of carbonyl (C=O) groups is 1. The molecule has 4 aliphatic rings. The number of aryl methyl sites for hydroxylation is 1. The SMILES string of the molecule is CC1CN(Cc2cc3c(c(C4CC4)n2)CN(c2cccc(C4(Cc5nncn5C)CC(C#N)C4)c2)C3=O)CCC1(F)F. The van der Waals surface area contributed by atoms with Crippen molar-refractivity contribution in [1.82, 2.24) is 24.6 Å². The lowest BCUT2D eigenvalue weighted by molar-refractivity contribution is -0.100. The highest BCUT2D eigenvalue weighted by atomic mass is 19.3. The zero-order valence-electron chi connectivity index (χ0n) is 24.1. The first-order valence-electron chi connectivity index (χ1n) is 14.9. The Bertz CT molecular complexity index is 1580. The monoisotopic (exact) mass is 571 g/mol. The topological polar surface area (TPSA) is 90.9 Å². The Hall–Kier alpha value is -3.71. The van der Waals surface area contributed by atoms with Crippen LogP contribution in [0.4, 0.5) is 14.5 Å². The van der Waals surface area contributed by atoms with Crippen molar-refractivity contribution in [3.63, 3.8) is 0 Å². The minimum Gasteiger partial charge on any atom is -0.321 e. The van der Waals surface area contributed by atoms with E-state index in [-0.39, 0.29) is 23.7 Å². The van der Waals surface area contributed by atoms with Crippen LogP contribution >= 0.6 is 0 Å². The van der Waals surface area contributed by atoms with Gasteiger partial charge in [-0.05, 0) is 49.4 Å². The Labute approximate surface area is 244 Å². The molecule has 218 valence electrons. The van der Waals surface area contributed by atoms with Crippen LogP contribution in [-0.4, -0.2) is 49.6 Å². The molecule has 0 radical (unpaired) electrons. The largest absolute Gasteiger partial charge is 0.321 e. The second-order valence-corrected chi connectivity index (χ2v) is 12.9. The van der Waals surface area contributed by atoms with Gasteiger partial charge in [0.2, 0.25) is 0 Å². The van der Waals surface area contributed by atoms with E-state index in [2.05, 4.69) is 28.4 Å². The number of fused-ring (bicyclic) bond motifs is 1. The van der Waals surface area contributed by atoms with E-state index >= 15 is 0 Å². The molecule has 2 aromatic heterocycles. The summed E-state index contributed by atoms with van der Waals surface area (Å²) in [6, 6.07) is 12.5. The predicted molar refractivity (Wildman–Crippen MR) is 152 cm³/mol. The number of piperidine rings is 1. The van der Waals surface area contributed by atoms with Gasteiger partial charge in [0.05, 0.1) is 18.3 Å². The summed E-state index contributed by atoms with van der Waals surface area (Å²) in [6.45, 7) is 3.20. The van der Waals surface area contributed by atoms with E-state index in [1.807, 2.05) is 39.6 Å². The maximum Gasteiger partial charge on any atom is 0.259 e. The molecule has 3 fully saturated rings. The first kappa shape index (κ1) is 27.1. The highest BCUT2D eigenvalue weighted by Crippen LogP contribution is 2.50. The molecule has 1 aromatic carbocycles. The summed E-state index contributed by atoms with van der Waals surface area (Å²) in [7, 11) is 1.93. The number of aromatic nitrogens is 4. The molecule has 2 saturated carbocycles. The number of alkyl halides is 2. The third kappa shape index (κ3) is 4.68. The van der Waals surface area contributed by atoms with Crippen molar-refractivity contribution in [2.75, 3.05) is 18.0 Å². The van der Waals surface area contributed by atoms with Gasteiger partial charge < -0.3 is 9.47 Å². The van der Waals surface area contributed by atoms with Crippen LogP contribution in [0.2, 0.25) is 0 Å². The maximum atomic E-state index is 14.1. The predicted octanol–water partition coefficient (Wildman–Crippen LogP) is 5.14. The van der Waals surface area contributed by atoms with Crippen LogP contribution < -0.4 is 4.90 Å². The minimum absolute atomic E-state index is 0.000674. The molecule has 2 aliphatic heterocycles. The summed E-state index contributed by atoms with van der Waals surface area (Å²) < 4.78 is 30.1. The van der Waals surface area contributed by atoms with Gasteiger partial charge in [-0.2, -0.15) is 5.26 Å². The van der Waals surface area contributed by atoms with Gasteiger partial charge in [-0.15, -0.1) is 10.2 Å². The second kappa shape index (κ2) is 9.94. The fraction of sp³-hybridized carbons (Fsp3) is 0.531. The van der Waals surface area contributed by atoms with Crippen LogP contribution in [0, 0.1) is 23.2 Å². The van der Waals surface area contributed by atoms with Crippen molar-refractivity contribution in [1.29, 1.82) is 5.26 Å². The lowest BCUT2D eigenvalue weighted by Crippen LogP contribution is -2.45. The molecule has 10 heteroatoms. The maximum absolute atomic E-state index is 14.1. The Morgan fingerprint density at radius 2 is 2.00 bits per heavy atom. The van der Waals surface area contributed by atoms with E-state index in [1.165, 1.54) is 0 Å². The van der Waals surface area contributed by atoms with Gasteiger partial charge in [0.15, 0.2) is 0 Å². The van der Waals surface area contributed by atoms with Gasteiger partial charge >= 0.3 is 0 Å². The van der Waals surface area contributed by atoms with Crippen molar-refractivity contribution in [2.45, 2.75) is 75.8 Å². The lowest BCUT2D eigenvalue weighted by Gasteiger charge is -2.45. The Kier molecular flexibility index (Phi) is 6.42. The van der Waals surface area contributed by atoms with E-state index in [0.717, 1.165) is 59.7 Å². The number of halogens is 2. The van der Waals surface area contributed by atoms with E-state index in [0.29, 0.717) is 44.1 Å². The van der Waals surface area contributed by atoms with E-state index < -0.39 is 11.8 Å². The third-order valence-corrected chi connectivity index (χ3v) is 9.89. The zero-order chi connectivity index (χ0) is 29.2. The van der Waals surface area contributed by atoms with E-state index in [4.69, 9.17) is 4.98 Å². The van der Waals surface area contributed by atoms with Crippen molar-refractivity contribution in [3.05, 3.63) is 70.6 Å². The van der Waals surface area contributed by atoms with E-state index in [1.54, 1.807) is 13.3 Å². The molecule has 7 rings (SSSR count). The third-order valence-electron chi connectivity index (χ3n) is 9.89. The number of pyridine rings is 1. The van der Waals surface area contributed by atoms with Gasteiger partial charge in [0.25, 0.3) is 11.8 Å². The molecule has 2 aliphatic carbocycles. The van der Waals surface area contributed by atoms with Crippen LogP contribution in [0.25, 0.3) is 0 Å². The molecular formula is C32H35F2N7O. The number of hydrogen-bond acceptors (Lipinski definition) is 6. The average molecular weight is 572 g/mol. The summed E-state index contributed by atoms with van der Waals surface area (Å²) >= 11 is 0. The number of carbonyl (C=O) groups excluding carboxylic acids is 1. The molecule has 0 N–H and O–H groups in total. The number of likely N-dealkylation sites (tertiary alicyclic amines) is 1. The second-order valence-electron chi connectivity index (χ2n) is 12.9. The van der Waals surface area contributed by atoms with Crippen LogP contribution in [0.15, 0.2) is 36.7 Å². The highest BCUT2D eigenvalue weighted by molar-refractivity contribution is 6.10. The van der Waals surface area contributed by atoms with E-state index in [9.17, 15) is 18.8 Å². The van der Waals surface area contributed by atoms with Crippen LogP contribution in [-0.2, 0) is 32.0 Å². The fourth-order valence-corrected chi connectivity index (χ4v) is 7.13. The summed E-state index contributed by atoms with van der Waals surface area (Å²) in [6.07, 6.45) is 5.84. The first-order valence-corrected chi connectivity index (χ1v) is 14.9. The van der Waals surface area contributed by atoms with Crippen LogP contribution in [0.5, 0.6) is 0 Å². The number of anilines is 1. The molecule has 4 heterocycles. The van der Waals surface area contributed by atoms with Gasteiger partial charge in [0.1, 0.15) is 12.2 Å². The molecule has 8 nitrogen and oxygen atoms in total. The summed E-state index contributed by atoms with van der Waals surface area (Å²) in [4.78, 5) is 22.8. The molecule has 0 spiro atoms. The van der Waals surface area contributed by atoms with Crippen LogP contribution in [0.3, 0.4) is 0 Å². The van der Waals surface area contributed by atoms with Crippen molar-refractivity contribution in [2.24, 2.45) is 18.9 Å². The standard InChI is InChI=1S/C32H35F2N7O/c1-20-16-40(9-8-32(20,33)34)17-24-11-26-27(29(37-24)22-6-7-22)18-41(30(26)42)25-5-3-4-23(10-25)31(12-21(13-31)15-35)14-28-38-36-19-39(28)2/h3-5,10-11,19-22H,6-9,12-14,16-18H2,1-2H3. The number of amides is 1.